The van der Waals surface area contributed by atoms with E-state index in [1.165, 1.54) is 11.0 Å². The van der Waals surface area contributed by atoms with Gasteiger partial charge in [0.1, 0.15) is 11.2 Å². The zero-order valence-electron chi connectivity index (χ0n) is 11.3. The maximum absolute atomic E-state index is 12.4. The Morgan fingerprint density at radius 3 is 2.90 bits per heavy atom. The molecule has 0 unspecified atom stereocenters. The van der Waals surface area contributed by atoms with Crippen LogP contribution in [0.5, 0.6) is 0 Å². The van der Waals surface area contributed by atoms with Gasteiger partial charge in [-0.2, -0.15) is 0 Å². The average Bonchev–Trinajstić information content (AvgIpc) is 2.86. The quantitative estimate of drug-likeness (QED) is 0.866. The third kappa shape index (κ3) is 3.10. The number of hydrogen-bond acceptors (Lipinski definition) is 3. The highest BCUT2D eigenvalue weighted by molar-refractivity contribution is 6.29. The summed E-state index contributed by atoms with van der Waals surface area (Å²) < 4.78 is 0. The van der Waals surface area contributed by atoms with Crippen molar-refractivity contribution >= 4 is 23.5 Å². The van der Waals surface area contributed by atoms with E-state index < -0.39 is 12.0 Å². The van der Waals surface area contributed by atoms with Crippen LogP contribution in [0.15, 0.2) is 12.1 Å². The molecule has 1 amide bonds. The Bertz CT molecular complexity index is 533. The molecule has 1 N–H and O–H groups in total. The lowest BCUT2D eigenvalue weighted by molar-refractivity contribution is -0.141. The number of rotatable bonds is 4. The fraction of sp³-hybridized carbons (Fsp3) is 0.500. The minimum atomic E-state index is -0.954. The van der Waals surface area contributed by atoms with Gasteiger partial charge in [-0.15, -0.1) is 0 Å². The van der Waals surface area contributed by atoms with Crippen molar-refractivity contribution in [2.45, 2.75) is 38.6 Å². The first kappa shape index (κ1) is 14.8. The lowest BCUT2D eigenvalue weighted by atomic mass is 10.1. The van der Waals surface area contributed by atoms with Gasteiger partial charge in [0.2, 0.25) is 0 Å². The molecule has 20 heavy (non-hydrogen) atoms. The van der Waals surface area contributed by atoms with E-state index in [9.17, 15) is 9.59 Å². The van der Waals surface area contributed by atoms with E-state index >= 15 is 0 Å². The Balaban J connectivity index is 2.26. The van der Waals surface area contributed by atoms with Gasteiger partial charge in [0.15, 0.2) is 0 Å². The van der Waals surface area contributed by atoms with Crippen molar-refractivity contribution in [3.63, 3.8) is 0 Å². The highest BCUT2D eigenvalue weighted by Gasteiger charge is 2.34. The number of aryl methyl sites for hydroxylation is 1. The van der Waals surface area contributed by atoms with Crippen molar-refractivity contribution in [2.24, 2.45) is 0 Å². The number of aliphatic carboxylic acids is 1. The van der Waals surface area contributed by atoms with Crippen LogP contribution in [-0.4, -0.2) is 39.5 Å². The molecule has 1 aliphatic heterocycles. The Labute approximate surface area is 122 Å². The van der Waals surface area contributed by atoms with Crippen LogP contribution >= 0.6 is 11.6 Å². The molecule has 6 heteroatoms. The summed E-state index contributed by atoms with van der Waals surface area (Å²) in [6, 6.07) is 2.47. The lowest BCUT2D eigenvalue weighted by Crippen LogP contribution is -2.40. The highest BCUT2D eigenvalue weighted by atomic mass is 35.5. The Kier molecular flexibility index (Phi) is 4.60. The Morgan fingerprint density at radius 1 is 1.50 bits per heavy atom. The summed E-state index contributed by atoms with van der Waals surface area (Å²) in [6.45, 7) is 2.49. The number of likely N-dealkylation sites (tertiary alicyclic amines) is 1. The van der Waals surface area contributed by atoms with Gasteiger partial charge in [-0.25, -0.2) is 9.78 Å². The summed E-state index contributed by atoms with van der Waals surface area (Å²) in [7, 11) is 0. The molecule has 0 spiro atoms. The van der Waals surface area contributed by atoms with Crippen molar-refractivity contribution in [1.82, 2.24) is 9.88 Å². The van der Waals surface area contributed by atoms with Crippen LogP contribution in [0.25, 0.3) is 0 Å². The topological polar surface area (TPSA) is 70.5 Å². The molecule has 5 nitrogen and oxygen atoms in total. The van der Waals surface area contributed by atoms with Crippen molar-refractivity contribution in [3.8, 4) is 0 Å². The second-order valence-electron chi connectivity index (χ2n) is 4.91. The number of carboxylic acids is 1. The standard InChI is InChI=1S/C14H17ClN2O3/c1-2-4-10-7-9(8-12(15)16-10)13(18)17-6-3-5-11(17)14(19)20/h7-8,11H,2-6H2,1H3,(H,19,20)/t11-/m0/s1. The fourth-order valence-electron chi connectivity index (χ4n) is 2.49. The van der Waals surface area contributed by atoms with Gasteiger partial charge in [0.25, 0.3) is 5.91 Å². The fourth-order valence-corrected chi connectivity index (χ4v) is 2.72. The predicted octanol–water partition coefficient (Wildman–Crippen LogP) is 2.38. The van der Waals surface area contributed by atoms with Crippen molar-refractivity contribution in [1.29, 1.82) is 0 Å². The van der Waals surface area contributed by atoms with Crippen LogP contribution < -0.4 is 0 Å². The number of carboxylic acid groups (broad SMARTS) is 1. The number of nitrogens with zero attached hydrogens (tertiary/aromatic N) is 2. The monoisotopic (exact) mass is 296 g/mol. The molecule has 1 saturated heterocycles. The number of amides is 1. The third-order valence-corrected chi connectivity index (χ3v) is 3.59. The largest absolute Gasteiger partial charge is 0.480 e. The highest BCUT2D eigenvalue weighted by Crippen LogP contribution is 2.22. The van der Waals surface area contributed by atoms with Gasteiger partial charge in [-0.1, -0.05) is 24.9 Å². The molecule has 1 fully saturated rings. The predicted molar refractivity (Wildman–Crippen MR) is 74.9 cm³/mol. The van der Waals surface area contributed by atoms with Crippen LogP contribution in [0.4, 0.5) is 0 Å². The lowest BCUT2D eigenvalue weighted by Gasteiger charge is -2.21. The molecule has 0 aromatic carbocycles. The second kappa shape index (κ2) is 6.22. The molecule has 2 heterocycles. The summed E-state index contributed by atoms with van der Waals surface area (Å²) in [5.41, 5.74) is 1.18. The summed E-state index contributed by atoms with van der Waals surface area (Å²) in [5, 5.41) is 9.41. The van der Waals surface area contributed by atoms with Gasteiger partial charge in [0, 0.05) is 17.8 Å². The van der Waals surface area contributed by atoms with E-state index in [0.717, 1.165) is 18.5 Å². The molecule has 1 aromatic heterocycles. The molecule has 0 radical (unpaired) electrons. The molecule has 0 bridgehead atoms. The maximum Gasteiger partial charge on any atom is 0.326 e. The summed E-state index contributed by atoms with van der Waals surface area (Å²) in [4.78, 5) is 29.2. The normalized spacial score (nSPS) is 18.3. The summed E-state index contributed by atoms with van der Waals surface area (Å²) in [5.74, 6) is -1.23. The SMILES string of the molecule is CCCc1cc(C(=O)N2CCC[C@H]2C(=O)O)cc(Cl)n1. The smallest absolute Gasteiger partial charge is 0.326 e. The first-order valence-corrected chi connectivity index (χ1v) is 7.11. The molecular weight excluding hydrogens is 280 g/mol. The number of carbonyl (C=O) groups is 2. The molecule has 1 aromatic rings. The van der Waals surface area contributed by atoms with E-state index in [4.69, 9.17) is 16.7 Å². The summed E-state index contributed by atoms with van der Waals surface area (Å²) >= 11 is 5.94. The van der Waals surface area contributed by atoms with E-state index in [1.54, 1.807) is 6.07 Å². The molecule has 108 valence electrons. The molecule has 0 saturated carbocycles. The number of halogens is 1. The van der Waals surface area contributed by atoms with Crippen LogP contribution in [0.2, 0.25) is 5.15 Å². The molecule has 2 rings (SSSR count). The minimum Gasteiger partial charge on any atom is -0.480 e. The summed E-state index contributed by atoms with van der Waals surface area (Å²) in [6.07, 6.45) is 2.86. The van der Waals surface area contributed by atoms with Crippen molar-refractivity contribution in [2.75, 3.05) is 6.54 Å². The van der Waals surface area contributed by atoms with Gasteiger partial charge in [0.05, 0.1) is 0 Å². The van der Waals surface area contributed by atoms with Gasteiger partial charge < -0.3 is 10.0 Å². The van der Waals surface area contributed by atoms with E-state index in [2.05, 4.69) is 4.98 Å². The number of pyridine rings is 1. The first-order valence-electron chi connectivity index (χ1n) is 6.73. The minimum absolute atomic E-state index is 0.269. The molecule has 1 atom stereocenters. The zero-order chi connectivity index (χ0) is 14.7. The zero-order valence-corrected chi connectivity index (χ0v) is 12.1. The molecular formula is C14H17ClN2O3. The Hall–Kier alpha value is -1.62. The van der Waals surface area contributed by atoms with E-state index in [1.807, 2.05) is 6.92 Å². The third-order valence-electron chi connectivity index (χ3n) is 3.40. The van der Waals surface area contributed by atoms with Crippen LogP contribution in [0, 0.1) is 0 Å². The van der Waals surface area contributed by atoms with Crippen molar-refractivity contribution in [3.05, 3.63) is 28.5 Å². The average molecular weight is 297 g/mol. The number of aromatic nitrogens is 1. The number of hydrogen-bond donors (Lipinski definition) is 1. The van der Waals surface area contributed by atoms with Crippen molar-refractivity contribution < 1.29 is 14.7 Å². The van der Waals surface area contributed by atoms with Gasteiger partial charge in [-0.05, 0) is 31.4 Å². The molecule has 0 aliphatic carbocycles. The van der Waals surface area contributed by atoms with E-state index in [0.29, 0.717) is 24.9 Å². The maximum atomic E-state index is 12.4. The van der Waals surface area contributed by atoms with E-state index in [-0.39, 0.29) is 11.1 Å². The number of carbonyl (C=O) groups excluding carboxylic acids is 1. The second-order valence-corrected chi connectivity index (χ2v) is 5.30. The first-order chi connectivity index (χ1) is 9.52. The van der Waals surface area contributed by atoms with Crippen LogP contribution in [0.1, 0.15) is 42.2 Å². The van der Waals surface area contributed by atoms with Crippen LogP contribution in [-0.2, 0) is 11.2 Å². The van der Waals surface area contributed by atoms with Crippen LogP contribution in [0.3, 0.4) is 0 Å². The van der Waals surface area contributed by atoms with Gasteiger partial charge in [-0.3, -0.25) is 4.79 Å². The van der Waals surface area contributed by atoms with Gasteiger partial charge >= 0.3 is 5.97 Å². The Morgan fingerprint density at radius 2 is 2.25 bits per heavy atom. The molecule has 1 aliphatic rings.